The fraction of sp³-hybridized carbons (Fsp3) is 0.167. The fourth-order valence-corrected chi connectivity index (χ4v) is 26.5. The molecule has 2 heteroatoms. The Kier molecular flexibility index (Phi) is 3.29. The first-order valence-corrected chi connectivity index (χ1v) is 19.6. The van der Waals surface area contributed by atoms with Crippen LogP contribution in [0.15, 0.2) is 60.7 Å². The molecule has 0 bridgehead atoms. The average molecular weight is 429 g/mol. The van der Waals surface area contributed by atoms with Crippen molar-refractivity contribution in [1.29, 1.82) is 0 Å². The molecule has 125 valence electrons. The number of allylic oxidation sites excluding steroid dienone is 6. The molecule has 0 aliphatic heterocycles. The summed E-state index contributed by atoms with van der Waals surface area (Å²) in [5, 5.41) is 0. The van der Waals surface area contributed by atoms with Crippen molar-refractivity contribution in [3.63, 3.8) is 0 Å². The number of hydrogen-bond donors (Lipinski definition) is 0. The van der Waals surface area contributed by atoms with Crippen LogP contribution in [0.5, 0.6) is 0 Å². The van der Waals surface area contributed by atoms with Crippen LogP contribution >= 0.6 is 0 Å². The molecule has 0 radical (unpaired) electrons. The Bertz CT molecular complexity index is 1000. The van der Waals surface area contributed by atoms with Crippen LogP contribution in [0.3, 0.4) is 0 Å². The van der Waals surface area contributed by atoms with Crippen LogP contribution in [0.1, 0.15) is 40.6 Å². The van der Waals surface area contributed by atoms with Crippen LogP contribution in [0.25, 0.3) is 23.3 Å². The van der Waals surface area contributed by atoms with Gasteiger partial charge in [-0.2, -0.15) is 0 Å². The summed E-state index contributed by atoms with van der Waals surface area (Å²) in [6.07, 6.45) is 14.6. The molecule has 4 aliphatic rings. The number of rotatable bonds is 3. The molecule has 2 aromatic rings. The van der Waals surface area contributed by atoms with E-state index in [4.69, 9.17) is 0 Å². The van der Waals surface area contributed by atoms with Gasteiger partial charge in [0.1, 0.15) is 0 Å². The van der Waals surface area contributed by atoms with Gasteiger partial charge in [0.05, 0.1) is 0 Å². The SMILES string of the molecule is C[SiH](C)[Zr]([CH]1C=C2C=Cc3cccc1c32)[CH]1C=C2C=Cc3cccc1c32. The zero-order valence-electron chi connectivity index (χ0n) is 15.2. The maximum absolute atomic E-state index is 2.66. The summed E-state index contributed by atoms with van der Waals surface area (Å²) in [4.78, 5) is 0. The standard InChI is InChI=1S/2C11H7.C2H7Si.Zr/c2*1-2-8-4-6-10-7-5-9(3-1)11(8)10;1-3-2;/h2*1-7H;3H,1-2H3;. The first-order valence-electron chi connectivity index (χ1n) is 9.65. The summed E-state index contributed by atoms with van der Waals surface area (Å²) >= 11 is -1.74. The number of hydrogen-bond acceptors (Lipinski definition) is 0. The van der Waals surface area contributed by atoms with Gasteiger partial charge in [-0.3, -0.25) is 0 Å². The molecule has 0 spiro atoms. The zero-order chi connectivity index (χ0) is 17.4. The van der Waals surface area contributed by atoms with E-state index in [9.17, 15) is 0 Å². The van der Waals surface area contributed by atoms with E-state index in [0.717, 1.165) is 7.25 Å². The summed E-state index contributed by atoms with van der Waals surface area (Å²) < 4.78 is 1.53. The summed E-state index contributed by atoms with van der Waals surface area (Å²) in [6, 6.07) is 14.0. The zero-order valence-corrected chi connectivity index (χ0v) is 18.8. The van der Waals surface area contributed by atoms with Crippen molar-refractivity contribution in [3.8, 4) is 0 Å². The van der Waals surface area contributed by atoms with Crippen molar-refractivity contribution in [3.05, 3.63) is 94.1 Å². The van der Waals surface area contributed by atoms with Crippen molar-refractivity contribution in [1.82, 2.24) is 0 Å². The molecule has 0 saturated carbocycles. The molecule has 0 heterocycles. The fourth-order valence-electron chi connectivity index (χ4n) is 5.45. The van der Waals surface area contributed by atoms with Crippen LogP contribution in [-0.2, 0) is 20.9 Å². The molecule has 2 atom stereocenters. The van der Waals surface area contributed by atoms with Crippen LogP contribution < -0.4 is 0 Å². The monoisotopic (exact) mass is 427 g/mol. The quantitative estimate of drug-likeness (QED) is 0.532. The van der Waals surface area contributed by atoms with Gasteiger partial charge in [-0.15, -0.1) is 0 Å². The van der Waals surface area contributed by atoms with Gasteiger partial charge < -0.3 is 0 Å². The Labute approximate surface area is 163 Å². The molecule has 26 heavy (non-hydrogen) atoms. The van der Waals surface area contributed by atoms with Crippen LogP contribution in [-0.4, -0.2) is 5.92 Å². The maximum atomic E-state index is 2.66. The second kappa shape index (κ2) is 5.50. The van der Waals surface area contributed by atoms with E-state index in [1.165, 1.54) is 22.3 Å². The summed E-state index contributed by atoms with van der Waals surface area (Å²) in [6.45, 7) is 5.26. The van der Waals surface area contributed by atoms with Crippen LogP contribution in [0.4, 0.5) is 0 Å². The van der Waals surface area contributed by atoms with Crippen molar-refractivity contribution >= 4 is 29.2 Å². The van der Waals surface area contributed by atoms with Crippen LogP contribution in [0, 0.1) is 0 Å². The molecule has 0 saturated heterocycles. The van der Waals surface area contributed by atoms with E-state index in [2.05, 4.69) is 85.9 Å². The van der Waals surface area contributed by atoms with E-state index in [0.29, 0.717) is 0 Å². The Morgan fingerprint density at radius 3 is 1.65 bits per heavy atom. The minimum absolute atomic E-state index is 0.688. The molecule has 0 N–H and O–H groups in total. The summed E-state index contributed by atoms with van der Waals surface area (Å²) in [5.41, 5.74) is 12.3. The van der Waals surface area contributed by atoms with E-state index < -0.39 is 26.8 Å². The molecule has 0 aromatic heterocycles. The third-order valence-electron chi connectivity index (χ3n) is 6.47. The third kappa shape index (κ3) is 1.98. The van der Waals surface area contributed by atoms with E-state index in [1.54, 1.807) is 22.3 Å². The molecule has 4 aliphatic carbocycles. The van der Waals surface area contributed by atoms with Gasteiger partial charge in [-0.25, -0.2) is 0 Å². The summed E-state index contributed by atoms with van der Waals surface area (Å²) in [5.74, 6) is -0.688. The normalized spacial score (nSPS) is 22.7. The number of benzene rings is 2. The second-order valence-corrected chi connectivity index (χ2v) is 28.4. The van der Waals surface area contributed by atoms with Gasteiger partial charge in [-0.05, 0) is 0 Å². The van der Waals surface area contributed by atoms with Crippen LogP contribution in [0.2, 0.25) is 13.1 Å². The van der Waals surface area contributed by atoms with Gasteiger partial charge in [0, 0.05) is 0 Å². The molecule has 2 unspecified atom stereocenters. The van der Waals surface area contributed by atoms with Gasteiger partial charge in [0.25, 0.3) is 0 Å². The Morgan fingerprint density at radius 2 is 1.19 bits per heavy atom. The molecule has 2 aromatic carbocycles. The Hall–Kier alpha value is -1.50. The Balaban J connectivity index is 1.51. The van der Waals surface area contributed by atoms with Gasteiger partial charge >= 0.3 is 165 Å². The van der Waals surface area contributed by atoms with Gasteiger partial charge in [0.15, 0.2) is 0 Å². The average Bonchev–Trinajstić information content (AvgIpc) is 3.39. The first kappa shape index (κ1) is 15.5. The minimum atomic E-state index is -1.74. The van der Waals surface area contributed by atoms with Crippen molar-refractivity contribution < 1.29 is 20.9 Å². The molecule has 0 fully saturated rings. The van der Waals surface area contributed by atoms with E-state index in [1.807, 2.05) is 0 Å². The molecular formula is C24H21SiZr. The Morgan fingerprint density at radius 1 is 0.692 bits per heavy atom. The molecular weight excluding hydrogens is 408 g/mol. The summed E-state index contributed by atoms with van der Waals surface area (Å²) in [7, 11) is 0. The van der Waals surface area contributed by atoms with Crippen molar-refractivity contribution in [2.75, 3.05) is 0 Å². The topological polar surface area (TPSA) is 0 Å². The van der Waals surface area contributed by atoms with Gasteiger partial charge in [-0.1, -0.05) is 0 Å². The second-order valence-electron chi connectivity index (χ2n) is 8.14. The van der Waals surface area contributed by atoms with Crippen molar-refractivity contribution in [2.24, 2.45) is 0 Å². The first-order chi connectivity index (χ1) is 12.7. The van der Waals surface area contributed by atoms with Crippen molar-refractivity contribution in [2.45, 2.75) is 20.3 Å². The third-order valence-corrected chi connectivity index (χ3v) is 27.8. The molecule has 6 rings (SSSR count). The predicted molar refractivity (Wildman–Crippen MR) is 111 cm³/mol. The van der Waals surface area contributed by atoms with E-state index >= 15 is 0 Å². The van der Waals surface area contributed by atoms with E-state index in [-0.39, 0.29) is 0 Å². The molecule has 0 amide bonds. The predicted octanol–water partition coefficient (Wildman–Crippen LogP) is 5.92. The molecule has 0 nitrogen and oxygen atoms in total. The van der Waals surface area contributed by atoms with Gasteiger partial charge in [0.2, 0.25) is 0 Å².